The van der Waals surface area contributed by atoms with E-state index < -0.39 is 5.91 Å². The SMILES string of the molecule is Cn1ccc(C(=O)N2CCC[C@@H](c3c(C(N)=O)sc4ncccc34)C2)n1. The number of pyridine rings is 1. The summed E-state index contributed by atoms with van der Waals surface area (Å²) < 4.78 is 1.62. The Bertz CT molecular complexity index is 993. The van der Waals surface area contributed by atoms with Crippen molar-refractivity contribution in [2.24, 2.45) is 12.8 Å². The van der Waals surface area contributed by atoms with E-state index in [0.29, 0.717) is 23.7 Å². The molecule has 134 valence electrons. The number of carbonyl (C=O) groups is 2. The number of primary amides is 1. The first kappa shape index (κ1) is 16.7. The van der Waals surface area contributed by atoms with Crippen LogP contribution in [-0.4, -0.2) is 44.6 Å². The van der Waals surface area contributed by atoms with Gasteiger partial charge in [0.1, 0.15) is 10.5 Å². The van der Waals surface area contributed by atoms with E-state index in [-0.39, 0.29) is 11.8 Å². The molecule has 3 aromatic rings. The van der Waals surface area contributed by atoms with Gasteiger partial charge < -0.3 is 10.6 Å². The number of fused-ring (bicyclic) bond motifs is 1. The Morgan fingerprint density at radius 2 is 2.19 bits per heavy atom. The third-order valence-electron chi connectivity index (χ3n) is 4.78. The minimum Gasteiger partial charge on any atom is -0.365 e. The minimum atomic E-state index is -0.434. The number of aromatic nitrogens is 3. The summed E-state index contributed by atoms with van der Waals surface area (Å²) in [5.41, 5.74) is 7.00. The number of hydrogen-bond donors (Lipinski definition) is 1. The highest BCUT2D eigenvalue weighted by Gasteiger charge is 2.31. The first-order valence-electron chi connectivity index (χ1n) is 8.50. The third kappa shape index (κ3) is 2.86. The number of nitrogens with two attached hydrogens (primary N) is 1. The van der Waals surface area contributed by atoms with Gasteiger partial charge in [-0.15, -0.1) is 11.3 Å². The molecular weight excluding hydrogens is 350 g/mol. The van der Waals surface area contributed by atoms with Gasteiger partial charge >= 0.3 is 0 Å². The van der Waals surface area contributed by atoms with Crippen molar-refractivity contribution in [2.45, 2.75) is 18.8 Å². The van der Waals surface area contributed by atoms with Gasteiger partial charge in [-0.1, -0.05) is 6.07 Å². The maximum absolute atomic E-state index is 12.8. The maximum Gasteiger partial charge on any atom is 0.274 e. The smallest absolute Gasteiger partial charge is 0.274 e. The highest BCUT2D eigenvalue weighted by Crippen LogP contribution is 2.39. The largest absolute Gasteiger partial charge is 0.365 e. The second-order valence-electron chi connectivity index (χ2n) is 6.53. The molecule has 0 unspecified atom stereocenters. The lowest BCUT2D eigenvalue weighted by Crippen LogP contribution is -2.39. The molecule has 3 aromatic heterocycles. The number of carbonyl (C=O) groups excluding carboxylic acids is 2. The molecule has 0 radical (unpaired) electrons. The van der Waals surface area contributed by atoms with Crippen molar-refractivity contribution in [3.05, 3.63) is 46.7 Å². The van der Waals surface area contributed by atoms with Gasteiger partial charge in [-0.05, 0) is 30.5 Å². The van der Waals surface area contributed by atoms with Gasteiger partial charge in [0, 0.05) is 43.8 Å². The van der Waals surface area contributed by atoms with Crippen molar-refractivity contribution in [3.8, 4) is 0 Å². The predicted octanol–water partition coefficient (Wildman–Crippen LogP) is 2.15. The van der Waals surface area contributed by atoms with Crippen LogP contribution in [0.4, 0.5) is 0 Å². The summed E-state index contributed by atoms with van der Waals surface area (Å²) >= 11 is 1.33. The van der Waals surface area contributed by atoms with Gasteiger partial charge in [-0.3, -0.25) is 14.3 Å². The number of aryl methyl sites for hydroxylation is 1. The lowest BCUT2D eigenvalue weighted by molar-refractivity contribution is 0.0700. The van der Waals surface area contributed by atoms with E-state index in [9.17, 15) is 9.59 Å². The summed E-state index contributed by atoms with van der Waals surface area (Å²) in [6.07, 6.45) is 5.26. The Labute approximate surface area is 154 Å². The van der Waals surface area contributed by atoms with E-state index in [1.54, 1.807) is 30.2 Å². The van der Waals surface area contributed by atoms with E-state index in [2.05, 4.69) is 10.1 Å². The van der Waals surface area contributed by atoms with Gasteiger partial charge in [-0.25, -0.2) is 4.98 Å². The zero-order valence-corrected chi connectivity index (χ0v) is 15.2. The van der Waals surface area contributed by atoms with Crippen molar-refractivity contribution in [1.82, 2.24) is 19.7 Å². The molecule has 1 saturated heterocycles. The average Bonchev–Trinajstić information content (AvgIpc) is 3.25. The monoisotopic (exact) mass is 369 g/mol. The first-order valence-corrected chi connectivity index (χ1v) is 9.32. The second kappa shape index (κ2) is 6.53. The number of amides is 2. The summed E-state index contributed by atoms with van der Waals surface area (Å²) in [5.74, 6) is -0.443. The summed E-state index contributed by atoms with van der Waals surface area (Å²) in [7, 11) is 1.79. The predicted molar refractivity (Wildman–Crippen MR) is 99.2 cm³/mol. The van der Waals surface area contributed by atoms with Crippen LogP contribution in [0.2, 0.25) is 0 Å². The van der Waals surface area contributed by atoms with Crippen LogP contribution < -0.4 is 5.73 Å². The summed E-state index contributed by atoms with van der Waals surface area (Å²) in [5, 5.41) is 5.17. The molecule has 1 aliphatic rings. The van der Waals surface area contributed by atoms with Gasteiger partial charge in [0.25, 0.3) is 11.8 Å². The van der Waals surface area contributed by atoms with Crippen molar-refractivity contribution < 1.29 is 9.59 Å². The molecule has 26 heavy (non-hydrogen) atoms. The molecule has 2 amide bonds. The van der Waals surface area contributed by atoms with Gasteiger partial charge in [0.15, 0.2) is 0 Å². The zero-order chi connectivity index (χ0) is 18.3. The second-order valence-corrected chi connectivity index (χ2v) is 7.53. The molecule has 4 heterocycles. The molecule has 0 aliphatic carbocycles. The molecule has 2 N–H and O–H groups in total. The van der Waals surface area contributed by atoms with Crippen LogP contribution in [0.25, 0.3) is 10.2 Å². The van der Waals surface area contributed by atoms with Crippen LogP contribution in [0.5, 0.6) is 0 Å². The highest BCUT2D eigenvalue weighted by molar-refractivity contribution is 7.20. The van der Waals surface area contributed by atoms with Gasteiger partial charge in [-0.2, -0.15) is 5.10 Å². The lowest BCUT2D eigenvalue weighted by atomic mass is 9.88. The number of thiophene rings is 1. The number of piperidine rings is 1. The summed E-state index contributed by atoms with van der Waals surface area (Å²) in [6.45, 7) is 1.24. The molecule has 0 aromatic carbocycles. The van der Waals surface area contributed by atoms with Crippen LogP contribution in [-0.2, 0) is 7.05 Å². The van der Waals surface area contributed by atoms with Crippen LogP contribution in [0.15, 0.2) is 30.6 Å². The van der Waals surface area contributed by atoms with E-state index in [4.69, 9.17) is 5.73 Å². The van der Waals surface area contributed by atoms with Crippen LogP contribution in [0.1, 0.15) is 44.5 Å². The quantitative estimate of drug-likeness (QED) is 0.765. The van der Waals surface area contributed by atoms with E-state index in [1.165, 1.54) is 11.3 Å². The molecule has 8 heteroatoms. The Kier molecular flexibility index (Phi) is 4.20. The number of nitrogens with zero attached hydrogens (tertiary/aromatic N) is 4. The number of likely N-dealkylation sites (tertiary alicyclic amines) is 1. The number of hydrogen-bond acceptors (Lipinski definition) is 5. The average molecular weight is 369 g/mol. The van der Waals surface area contributed by atoms with Crippen molar-refractivity contribution in [2.75, 3.05) is 13.1 Å². The molecule has 4 rings (SSSR count). The van der Waals surface area contributed by atoms with Crippen molar-refractivity contribution in [3.63, 3.8) is 0 Å². The van der Waals surface area contributed by atoms with Crippen LogP contribution >= 0.6 is 11.3 Å². The molecule has 1 atom stereocenters. The van der Waals surface area contributed by atoms with Gasteiger partial charge in [0.05, 0.1) is 4.88 Å². The topological polar surface area (TPSA) is 94.1 Å². The Morgan fingerprint density at radius 3 is 2.92 bits per heavy atom. The number of rotatable bonds is 3. The lowest BCUT2D eigenvalue weighted by Gasteiger charge is -2.32. The summed E-state index contributed by atoms with van der Waals surface area (Å²) in [4.78, 5) is 32.3. The zero-order valence-electron chi connectivity index (χ0n) is 14.4. The molecule has 0 spiro atoms. The Balaban J connectivity index is 1.68. The fourth-order valence-electron chi connectivity index (χ4n) is 3.63. The molecular formula is C18H19N5O2S. The normalized spacial score (nSPS) is 17.6. The third-order valence-corrected chi connectivity index (χ3v) is 5.92. The van der Waals surface area contributed by atoms with Crippen LogP contribution in [0, 0.1) is 0 Å². The first-order chi connectivity index (χ1) is 12.5. The fourth-order valence-corrected chi connectivity index (χ4v) is 4.71. The summed E-state index contributed by atoms with van der Waals surface area (Å²) in [6, 6.07) is 5.56. The molecule has 0 saturated carbocycles. The highest BCUT2D eigenvalue weighted by atomic mass is 32.1. The van der Waals surface area contributed by atoms with E-state index >= 15 is 0 Å². The standard InChI is InChI=1S/C18H19N5O2S/c1-22-9-6-13(21-22)18(25)23-8-3-4-11(10-23)14-12-5-2-7-20-17(12)26-15(14)16(19)24/h2,5-7,9,11H,3-4,8,10H2,1H3,(H2,19,24)/t11-/m1/s1. The minimum absolute atomic E-state index is 0.0665. The molecule has 1 aliphatic heterocycles. The van der Waals surface area contributed by atoms with Crippen molar-refractivity contribution >= 4 is 33.4 Å². The maximum atomic E-state index is 12.8. The molecule has 0 bridgehead atoms. The van der Waals surface area contributed by atoms with E-state index in [0.717, 1.165) is 28.6 Å². The van der Waals surface area contributed by atoms with E-state index in [1.807, 2.05) is 17.0 Å². The Morgan fingerprint density at radius 1 is 1.35 bits per heavy atom. The molecule has 1 fully saturated rings. The fraction of sp³-hybridized carbons (Fsp3) is 0.333. The Hall–Kier alpha value is -2.74. The van der Waals surface area contributed by atoms with Gasteiger partial charge in [0.2, 0.25) is 0 Å². The molecule has 7 nitrogen and oxygen atoms in total. The van der Waals surface area contributed by atoms with Crippen LogP contribution in [0.3, 0.4) is 0 Å². The van der Waals surface area contributed by atoms with Crippen molar-refractivity contribution in [1.29, 1.82) is 0 Å².